The molecule has 0 amide bonds. The molecule has 2 rings (SSSR count). The van der Waals surface area contributed by atoms with Crippen LogP contribution in [0.25, 0.3) is 0 Å². The number of likely N-dealkylation sites (N-methyl/N-ethyl adjacent to an activating group) is 1. The van der Waals surface area contributed by atoms with E-state index in [2.05, 4.69) is 12.4 Å². The monoisotopic (exact) mass is 211 g/mol. The molecule has 1 aliphatic heterocycles. The van der Waals surface area contributed by atoms with Crippen molar-refractivity contribution in [3.8, 4) is 0 Å². The molecule has 2 fully saturated rings. The number of nitrogens with one attached hydrogen (secondary N) is 1. The van der Waals surface area contributed by atoms with Crippen molar-refractivity contribution in [1.29, 1.82) is 0 Å². The highest BCUT2D eigenvalue weighted by molar-refractivity contribution is 4.67. The maximum Gasteiger partial charge on any atom is 0.0913 e. The first kappa shape index (κ1) is 11.4. The Morgan fingerprint density at radius 2 is 1.60 bits per heavy atom. The number of hydrogen-bond donors (Lipinski definition) is 1. The minimum atomic E-state index is 0.965. The van der Waals surface area contributed by atoms with E-state index in [9.17, 15) is 0 Å². The van der Waals surface area contributed by atoms with E-state index in [0.29, 0.717) is 0 Å². The van der Waals surface area contributed by atoms with Crippen molar-refractivity contribution in [1.82, 2.24) is 5.32 Å². The van der Waals surface area contributed by atoms with Gasteiger partial charge in [0, 0.05) is 19.5 Å². The molecular weight excluding hydrogens is 184 g/mol. The van der Waals surface area contributed by atoms with E-state index in [1.54, 1.807) is 0 Å². The molecule has 0 spiro atoms. The SMILES string of the molecule is C[N+]1(C2CCCCCC2)CCCNCC1. The van der Waals surface area contributed by atoms with Gasteiger partial charge in [0.05, 0.1) is 26.2 Å². The normalized spacial score (nSPS) is 35.8. The summed E-state index contributed by atoms with van der Waals surface area (Å²) in [6.45, 7) is 5.22. The number of quaternary nitrogens is 1. The van der Waals surface area contributed by atoms with Gasteiger partial charge in [-0.2, -0.15) is 0 Å². The molecule has 1 aliphatic carbocycles. The summed E-state index contributed by atoms with van der Waals surface area (Å²) in [6, 6.07) is 0.965. The van der Waals surface area contributed by atoms with Gasteiger partial charge in [-0.05, 0) is 25.7 Å². The minimum Gasteiger partial charge on any atom is -0.323 e. The molecular formula is C13H27N2+. The van der Waals surface area contributed by atoms with E-state index in [4.69, 9.17) is 0 Å². The van der Waals surface area contributed by atoms with Crippen molar-refractivity contribution >= 4 is 0 Å². The van der Waals surface area contributed by atoms with Gasteiger partial charge in [-0.3, -0.25) is 0 Å². The van der Waals surface area contributed by atoms with E-state index in [0.717, 1.165) is 6.04 Å². The lowest BCUT2D eigenvalue weighted by molar-refractivity contribution is -0.932. The molecule has 1 saturated carbocycles. The van der Waals surface area contributed by atoms with Gasteiger partial charge in [0.15, 0.2) is 0 Å². The summed E-state index contributed by atoms with van der Waals surface area (Å²) >= 11 is 0. The third kappa shape index (κ3) is 2.94. The average Bonchev–Trinajstić information content (AvgIpc) is 2.60. The fraction of sp³-hybridized carbons (Fsp3) is 1.00. The van der Waals surface area contributed by atoms with Gasteiger partial charge in [-0.1, -0.05) is 12.8 Å². The van der Waals surface area contributed by atoms with Gasteiger partial charge in [0.25, 0.3) is 0 Å². The molecule has 1 saturated heterocycles. The fourth-order valence-electron chi connectivity index (χ4n) is 3.38. The summed E-state index contributed by atoms with van der Waals surface area (Å²) in [5.41, 5.74) is 0. The van der Waals surface area contributed by atoms with Crippen molar-refractivity contribution in [2.24, 2.45) is 0 Å². The first-order valence-electron chi connectivity index (χ1n) is 6.86. The fourth-order valence-corrected chi connectivity index (χ4v) is 3.38. The molecule has 88 valence electrons. The van der Waals surface area contributed by atoms with Crippen molar-refractivity contribution in [3.05, 3.63) is 0 Å². The van der Waals surface area contributed by atoms with Gasteiger partial charge in [-0.25, -0.2) is 0 Å². The van der Waals surface area contributed by atoms with Gasteiger partial charge < -0.3 is 9.80 Å². The van der Waals surface area contributed by atoms with Crippen LogP contribution < -0.4 is 5.32 Å². The van der Waals surface area contributed by atoms with Crippen LogP contribution in [0.1, 0.15) is 44.9 Å². The van der Waals surface area contributed by atoms with Crippen LogP contribution in [-0.4, -0.2) is 43.8 Å². The predicted octanol–water partition coefficient (Wildman–Crippen LogP) is 2.15. The molecule has 1 N–H and O–H groups in total. The highest BCUT2D eigenvalue weighted by Crippen LogP contribution is 2.26. The lowest BCUT2D eigenvalue weighted by Crippen LogP contribution is -2.53. The zero-order valence-corrected chi connectivity index (χ0v) is 10.3. The van der Waals surface area contributed by atoms with Crippen LogP contribution in [0.5, 0.6) is 0 Å². The molecule has 1 heterocycles. The van der Waals surface area contributed by atoms with Crippen LogP contribution in [0.4, 0.5) is 0 Å². The van der Waals surface area contributed by atoms with Crippen LogP contribution in [0, 0.1) is 0 Å². The summed E-state index contributed by atoms with van der Waals surface area (Å²) in [4.78, 5) is 0. The summed E-state index contributed by atoms with van der Waals surface area (Å²) in [5, 5.41) is 3.54. The molecule has 2 nitrogen and oxygen atoms in total. The number of hydrogen-bond acceptors (Lipinski definition) is 1. The Balaban J connectivity index is 1.97. The Bertz CT molecular complexity index is 175. The first-order chi connectivity index (χ1) is 7.31. The Morgan fingerprint density at radius 1 is 0.867 bits per heavy atom. The smallest absolute Gasteiger partial charge is 0.0913 e. The van der Waals surface area contributed by atoms with Gasteiger partial charge >= 0.3 is 0 Å². The highest BCUT2D eigenvalue weighted by atomic mass is 15.4. The average molecular weight is 211 g/mol. The third-order valence-corrected chi connectivity index (χ3v) is 4.53. The molecule has 0 aromatic heterocycles. The Kier molecular flexibility index (Phi) is 4.04. The second-order valence-corrected chi connectivity index (χ2v) is 5.68. The van der Waals surface area contributed by atoms with E-state index < -0.39 is 0 Å². The second kappa shape index (κ2) is 5.31. The molecule has 0 aromatic carbocycles. The second-order valence-electron chi connectivity index (χ2n) is 5.68. The van der Waals surface area contributed by atoms with Crippen LogP contribution >= 0.6 is 0 Å². The minimum absolute atomic E-state index is 0.965. The van der Waals surface area contributed by atoms with E-state index >= 15 is 0 Å². The zero-order chi connectivity index (χ0) is 10.6. The quantitative estimate of drug-likeness (QED) is 0.518. The van der Waals surface area contributed by atoms with Gasteiger partial charge in [0.2, 0.25) is 0 Å². The summed E-state index contributed by atoms with van der Waals surface area (Å²) < 4.78 is 1.35. The Morgan fingerprint density at radius 3 is 2.33 bits per heavy atom. The van der Waals surface area contributed by atoms with Crippen molar-refractivity contribution in [2.75, 3.05) is 33.2 Å². The number of nitrogens with zero attached hydrogens (tertiary/aromatic N) is 1. The maximum absolute atomic E-state index is 3.54. The predicted molar refractivity (Wildman–Crippen MR) is 64.9 cm³/mol. The molecule has 2 aliphatic rings. The summed E-state index contributed by atoms with van der Waals surface area (Å²) in [5.74, 6) is 0. The van der Waals surface area contributed by atoms with E-state index in [1.807, 2.05) is 0 Å². The molecule has 0 aromatic rings. The zero-order valence-electron chi connectivity index (χ0n) is 10.3. The molecule has 15 heavy (non-hydrogen) atoms. The Hall–Kier alpha value is -0.0800. The van der Waals surface area contributed by atoms with Gasteiger partial charge in [-0.15, -0.1) is 0 Å². The van der Waals surface area contributed by atoms with Crippen LogP contribution in [-0.2, 0) is 0 Å². The van der Waals surface area contributed by atoms with Crippen molar-refractivity contribution in [3.63, 3.8) is 0 Å². The van der Waals surface area contributed by atoms with Crippen LogP contribution in [0.15, 0.2) is 0 Å². The van der Waals surface area contributed by atoms with Crippen molar-refractivity contribution in [2.45, 2.75) is 51.0 Å². The molecule has 0 radical (unpaired) electrons. The van der Waals surface area contributed by atoms with Crippen molar-refractivity contribution < 1.29 is 4.48 Å². The standard InChI is InChI=1S/C13H27N2/c1-15(11-6-9-14-10-12-15)13-7-4-2-3-5-8-13/h13-14H,2-12H2,1H3/q+1. The highest BCUT2D eigenvalue weighted by Gasteiger charge is 2.32. The number of rotatable bonds is 1. The Labute approximate surface area is 94.6 Å². The lowest BCUT2D eigenvalue weighted by Gasteiger charge is -2.40. The summed E-state index contributed by atoms with van der Waals surface area (Å²) in [7, 11) is 2.50. The lowest BCUT2D eigenvalue weighted by atomic mass is 10.0. The summed E-state index contributed by atoms with van der Waals surface area (Å²) in [6.07, 6.45) is 10.3. The topological polar surface area (TPSA) is 12.0 Å². The maximum atomic E-state index is 3.54. The molecule has 2 heteroatoms. The first-order valence-corrected chi connectivity index (χ1v) is 6.86. The third-order valence-electron chi connectivity index (χ3n) is 4.53. The van der Waals surface area contributed by atoms with Gasteiger partial charge in [0.1, 0.15) is 0 Å². The van der Waals surface area contributed by atoms with Crippen LogP contribution in [0.2, 0.25) is 0 Å². The molecule has 1 unspecified atom stereocenters. The molecule has 0 bridgehead atoms. The molecule has 1 atom stereocenters. The van der Waals surface area contributed by atoms with E-state index in [-0.39, 0.29) is 0 Å². The van der Waals surface area contributed by atoms with E-state index in [1.165, 1.54) is 75.6 Å². The largest absolute Gasteiger partial charge is 0.323 e. The van der Waals surface area contributed by atoms with Crippen LogP contribution in [0.3, 0.4) is 0 Å².